The fraction of sp³-hybridized carbons (Fsp3) is 0.455. The van der Waals surface area contributed by atoms with Crippen LogP contribution in [0.4, 0.5) is 4.79 Å². The molecule has 0 saturated carbocycles. The van der Waals surface area contributed by atoms with Crippen LogP contribution in [-0.2, 0) is 23.9 Å². The lowest BCUT2D eigenvalue weighted by atomic mass is 10.4. The highest BCUT2D eigenvalue weighted by Crippen LogP contribution is 1.96. The number of esters is 1. The number of carboxylic acid groups (broad SMARTS) is 1. The largest absolute Gasteiger partial charge is 0.474 e. The third kappa shape index (κ3) is 6.99. The van der Waals surface area contributed by atoms with E-state index in [-0.39, 0.29) is 31.9 Å². The average Bonchev–Trinajstić information content (AvgIpc) is 2.35. The highest BCUT2D eigenvalue weighted by Gasteiger charge is 2.21. The third-order valence-electron chi connectivity index (χ3n) is 2.02. The van der Waals surface area contributed by atoms with Crippen molar-refractivity contribution >= 4 is 23.9 Å². The van der Waals surface area contributed by atoms with Gasteiger partial charge in [0.25, 0.3) is 0 Å². The molecule has 3 N–H and O–H groups in total. The Morgan fingerprint density at radius 1 is 1.15 bits per heavy atom. The Bertz CT molecular complexity index is 419. The molecule has 0 aliphatic rings. The molecule has 9 nitrogen and oxygen atoms in total. The van der Waals surface area contributed by atoms with Crippen LogP contribution in [0.2, 0.25) is 0 Å². The number of carboxylic acids is 1. The van der Waals surface area contributed by atoms with Crippen LogP contribution >= 0.6 is 0 Å². The molecule has 0 atom stereocenters. The summed E-state index contributed by atoms with van der Waals surface area (Å²) in [7, 11) is 0. The van der Waals surface area contributed by atoms with E-state index in [9.17, 15) is 19.2 Å². The van der Waals surface area contributed by atoms with Gasteiger partial charge in [-0.15, -0.1) is 0 Å². The molecule has 9 heteroatoms. The molecule has 2 amide bonds. The highest BCUT2D eigenvalue weighted by molar-refractivity contribution is 6.31. The SMILES string of the molecule is C=C(C)C(=O)OCCN(CCOC(N)=O)C(=O)C(=O)O. The monoisotopic (exact) mass is 288 g/mol. The first kappa shape index (κ1) is 17.4. The van der Waals surface area contributed by atoms with Crippen molar-refractivity contribution in [3.05, 3.63) is 12.2 Å². The van der Waals surface area contributed by atoms with Crippen LogP contribution in [0.1, 0.15) is 6.92 Å². The lowest BCUT2D eigenvalue weighted by molar-refractivity contribution is -0.156. The molecule has 0 aromatic heterocycles. The summed E-state index contributed by atoms with van der Waals surface area (Å²) in [6, 6.07) is 0. The van der Waals surface area contributed by atoms with E-state index in [2.05, 4.69) is 11.3 Å². The van der Waals surface area contributed by atoms with Gasteiger partial charge in [-0.1, -0.05) is 6.58 Å². The fourth-order valence-corrected chi connectivity index (χ4v) is 1.08. The van der Waals surface area contributed by atoms with Crippen molar-refractivity contribution in [2.45, 2.75) is 6.92 Å². The predicted molar refractivity (Wildman–Crippen MR) is 65.5 cm³/mol. The molecule has 112 valence electrons. The number of hydrogen-bond acceptors (Lipinski definition) is 6. The quantitative estimate of drug-likeness (QED) is 0.352. The smallest absolute Gasteiger partial charge is 0.404 e. The minimum atomic E-state index is -1.67. The molecule has 0 radical (unpaired) electrons. The topological polar surface area (TPSA) is 136 Å². The minimum Gasteiger partial charge on any atom is -0.474 e. The Balaban J connectivity index is 4.35. The molecule has 0 saturated heterocycles. The van der Waals surface area contributed by atoms with Gasteiger partial charge in [0.2, 0.25) is 0 Å². The minimum absolute atomic E-state index is 0.160. The maximum absolute atomic E-state index is 11.3. The second-order valence-electron chi connectivity index (χ2n) is 3.68. The van der Waals surface area contributed by atoms with Crippen molar-refractivity contribution in [2.24, 2.45) is 5.73 Å². The van der Waals surface area contributed by atoms with Gasteiger partial charge < -0.3 is 25.2 Å². The summed E-state index contributed by atoms with van der Waals surface area (Å²) < 4.78 is 9.13. The fourth-order valence-electron chi connectivity index (χ4n) is 1.08. The van der Waals surface area contributed by atoms with Crippen molar-refractivity contribution in [3.63, 3.8) is 0 Å². The number of primary amides is 1. The number of rotatable bonds is 7. The van der Waals surface area contributed by atoms with Crippen LogP contribution in [0.5, 0.6) is 0 Å². The van der Waals surface area contributed by atoms with Crippen molar-refractivity contribution in [1.29, 1.82) is 0 Å². The van der Waals surface area contributed by atoms with Crippen LogP contribution in [0.25, 0.3) is 0 Å². The number of carbonyl (C=O) groups is 4. The molecule has 0 fully saturated rings. The number of ether oxygens (including phenoxy) is 2. The van der Waals surface area contributed by atoms with Crippen LogP contribution in [0.3, 0.4) is 0 Å². The molecule has 0 spiro atoms. The van der Waals surface area contributed by atoms with Gasteiger partial charge in [0.05, 0.1) is 13.1 Å². The van der Waals surface area contributed by atoms with Crippen molar-refractivity contribution in [1.82, 2.24) is 4.90 Å². The Hall–Kier alpha value is -2.58. The summed E-state index contributed by atoms with van der Waals surface area (Å²) in [5, 5.41) is 8.61. The molecule has 20 heavy (non-hydrogen) atoms. The number of carbonyl (C=O) groups excluding carboxylic acids is 3. The number of nitrogens with two attached hydrogens (primary N) is 1. The van der Waals surface area contributed by atoms with Crippen LogP contribution in [0.15, 0.2) is 12.2 Å². The summed E-state index contributed by atoms with van der Waals surface area (Å²) in [4.78, 5) is 44.2. The number of aliphatic carboxylic acids is 1. The summed E-state index contributed by atoms with van der Waals surface area (Å²) in [6.07, 6.45) is -1.04. The highest BCUT2D eigenvalue weighted by atomic mass is 16.5. The van der Waals surface area contributed by atoms with E-state index in [0.717, 1.165) is 4.90 Å². The maximum Gasteiger partial charge on any atom is 0.404 e. The summed E-state index contributed by atoms with van der Waals surface area (Å²) in [5.41, 5.74) is 4.91. The van der Waals surface area contributed by atoms with Crippen LogP contribution in [-0.4, -0.2) is 60.2 Å². The van der Waals surface area contributed by atoms with Gasteiger partial charge in [0.1, 0.15) is 13.2 Å². The summed E-state index contributed by atoms with van der Waals surface area (Å²) in [5.74, 6) is -3.53. The van der Waals surface area contributed by atoms with Gasteiger partial charge >= 0.3 is 23.9 Å². The number of nitrogens with zero attached hydrogens (tertiary/aromatic N) is 1. The zero-order valence-electron chi connectivity index (χ0n) is 11.0. The summed E-state index contributed by atoms with van der Waals surface area (Å²) >= 11 is 0. The van der Waals surface area contributed by atoms with Gasteiger partial charge in [-0.3, -0.25) is 4.79 Å². The van der Waals surface area contributed by atoms with Crippen LogP contribution < -0.4 is 5.73 Å². The normalized spacial score (nSPS) is 9.45. The molecule has 0 aliphatic carbocycles. The van der Waals surface area contributed by atoms with E-state index in [1.54, 1.807) is 0 Å². The lowest BCUT2D eigenvalue weighted by Crippen LogP contribution is -2.41. The second kappa shape index (κ2) is 8.51. The molecule has 0 aliphatic heterocycles. The molecule has 0 heterocycles. The standard InChI is InChI=1S/C11H16N2O7/c1-7(2)10(17)19-5-3-13(8(14)9(15)16)4-6-20-11(12)18/h1,3-6H2,2H3,(H2,12,18)(H,15,16). The van der Waals surface area contributed by atoms with Gasteiger partial charge in [0.15, 0.2) is 0 Å². The Morgan fingerprint density at radius 2 is 1.65 bits per heavy atom. The Kier molecular flexibility index (Phi) is 7.41. The van der Waals surface area contributed by atoms with E-state index in [4.69, 9.17) is 15.6 Å². The number of hydrogen-bond donors (Lipinski definition) is 2. The third-order valence-corrected chi connectivity index (χ3v) is 2.02. The lowest BCUT2D eigenvalue weighted by Gasteiger charge is -2.20. The first-order valence-electron chi connectivity index (χ1n) is 5.52. The Labute approximate surface area is 114 Å². The van der Waals surface area contributed by atoms with Crippen molar-refractivity contribution in [3.8, 4) is 0 Å². The Morgan fingerprint density at radius 3 is 2.05 bits per heavy atom. The van der Waals surface area contributed by atoms with Crippen LogP contribution in [0, 0.1) is 0 Å². The van der Waals surface area contributed by atoms with E-state index in [1.807, 2.05) is 0 Å². The second-order valence-corrected chi connectivity index (χ2v) is 3.68. The van der Waals surface area contributed by atoms with E-state index in [0.29, 0.717) is 0 Å². The molecule has 0 bridgehead atoms. The average molecular weight is 288 g/mol. The molecular formula is C11H16N2O7. The zero-order valence-corrected chi connectivity index (χ0v) is 11.0. The predicted octanol–water partition coefficient (Wildman–Crippen LogP) is -0.886. The zero-order chi connectivity index (χ0) is 15.7. The van der Waals surface area contributed by atoms with Gasteiger partial charge in [-0.05, 0) is 6.92 Å². The molecule has 0 aromatic rings. The number of amides is 2. The maximum atomic E-state index is 11.3. The van der Waals surface area contributed by atoms with Gasteiger partial charge in [-0.25, -0.2) is 14.4 Å². The molecule has 0 unspecified atom stereocenters. The first-order valence-corrected chi connectivity index (χ1v) is 5.52. The van der Waals surface area contributed by atoms with E-state index in [1.165, 1.54) is 6.92 Å². The van der Waals surface area contributed by atoms with Gasteiger partial charge in [0, 0.05) is 5.57 Å². The summed E-state index contributed by atoms with van der Waals surface area (Å²) in [6.45, 7) is 4.00. The van der Waals surface area contributed by atoms with Gasteiger partial charge in [-0.2, -0.15) is 0 Å². The molecule has 0 rings (SSSR count). The van der Waals surface area contributed by atoms with E-state index < -0.39 is 23.9 Å². The van der Waals surface area contributed by atoms with E-state index >= 15 is 0 Å². The molecular weight excluding hydrogens is 272 g/mol. The first-order chi connectivity index (χ1) is 9.25. The molecule has 0 aromatic carbocycles. The van der Waals surface area contributed by atoms with Crippen molar-refractivity contribution in [2.75, 3.05) is 26.3 Å². The van der Waals surface area contributed by atoms with Crippen molar-refractivity contribution < 1.29 is 33.8 Å².